The van der Waals surface area contributed by atoms with Crippen LogP contribution in [0.1, 0.15) is 54.3 Å². The summed E-state index contributed by atoms with van der Waals surface area (Å²) in [4.78, 5) is 23.1. The topological polar surface area (TPSA) is 127 Å². The zero-order valence-electron chi connectivity index (χ0n) is 17.0. The third kappa shape index (κ3) is 3.92. The normalized spacial score (nSPS) is 27.2. The molecule has 158 valence electrons. The Balaban J connectivity index is 1.41. The smallest absolute Gasteiger partial charge is 0.273 e. The van der Waals surface area contributed by atoms with Gasteiger partial charge in [0, 0.05) is 33.5 Å². The molecular weight excluding hydrogens is 378 g/mol. The van der Waals surface area contributed by atoms with Gasteiger partial charge in [-0.3, -0.25) is 9.69 Å². The number of amides is 1. The second kappa shape index (κ2) is 7.51. The third-order valence-electron chi connectivity index (χ3n) is 6.00. The van der Waals surface area contributed by atoms with Gasteiger partial charge in [-0.05, 0) is 26.2 Å². The maximum absolute atomic E-state index is 12.6. The van der Waals surface area contributed by atoms with Crippen molar-refractivity contribution < 1.29 is 23.6 Å². The minimum Gasteiger partial charge on any atom is -0.448 e. The van der Waals surface area contributed by atoms with Crippen LogP contribution in [0.15, 0.2) is 15.2 Å². The summed E-state index contributed by atoms with van der Waals surface area (Å²) in [5.74, 6) is 1.27. The van der Waals surface area contributed by atoms with Gasteiger partial charge in [0.05, 0.1) is 17.7 Å². The summed E-state index contributed by atoms with van der Waals surface area (Å²) < 4.78 is 16.3. The molecule has 4 heterocycles. The van der Waals surface area contributed by atoms with Crippen LogP contribution in [0.4, 0.5) is 0 Å². The van der Waals surface area contributed by atoms with E-state index in [1.165, 1.54) is 6.26 Å². The van der Waals surface area contributed by atoms with Gasteiger partial charge in [0.15, 0.2) is 17.4 Å². The summed E-state index contributed by atoms with van der Waals surface area (Å²) in [5, 5.41) is 18.2. The van der Waals surface area contributed by atoms with E-state index in [0.29, 0.717) is 50.0 Å². The van der Waals surface area contributed by atoms with Crippen molar-refractivity contribution >= 4 is 5.91 Å². The van der Waals surface area contributed by atoms with Crippen LogP contribution >= 0.6 is 0 Å². The van der Waals surface area contributed by atoms with Gasteiger partial charge in [0.1, 0.15) is 12.4 Å². The van der Waals surface area contributed by atoms with Crippen LogP contribution in [0.25, 0.3) is 0 Å². The number of aromatic nitrogens is 3. The Kier molecular flexibility index (Phi) is 5.18. The average Bonchev–Trinajstić information content (AvgIpc) is 3.30. The molecule has 4 rings (SSSR count). The highest BCUT2D eigenvalue weighted by Crippen LogP contribution is 2.40. The molecule has 2 fully saturated rings. The molecule has 2 N–H and O–H groups in total. The molecule has 0 aliphatic carbocycles. The lowest BCUT2D eigenvalue weighted by atomic mass is 9.73. The molecular formula is C19H27N5O5. The molecule has 0 aromatic carbocycles. The Labute approximate surface area is 168 Å². The predicted octanol–water partition coefficient (Wildman–Crippen LogP) is 0.979. The fraction of sp³-hybridized carbons (Fsp3) is 0.684. The van der Waals surface area contributed by atoms with Crippen molar-refractivity contribution in [1.29, 1.82) is 0 Å². The summed E-state index contributed by atoms with van der Waals surface area (Å²) in [6.45, 7) is 7.85. The molecule has 2 aromatic heterocycles. The molecule has 2 aromatic rings. The van der Waals surface area contributed by atoms with E-state index in [2.05, 4.69) is 25.3 Å². The molecule has 1 spiro atoms. The summed E-state index contributed by atoms with van der Waals surface area (Å²) in [5.41, 5.74) is -1.29. The highest BCUT2D eigenvalue weighted by Gasteiger charge is 2.54. The Morgan fingerprint density at radius 2 is 2.03 bits per heavy atom. The van der Waals surface area contributed by atoms with Crippen molar-refractivity contribution in [3.05, 3.63) is 29.6 Å². The number of rotatable bonds is 4. The van der Waals surface area contributed by atoms with Gasteiger partial charge >= 0.3 is 0 Å². The second-order valence-corrected chi connectivity index (χ2v) is 8.19. The zero-order valence-corrected chi connectivity index (χ0v) is 17.0. The quantitative estimate of drug-likeness (QED) is 0.765. The van der Waals surface area contributed by atoms with E-state index in [-0.39, 0.29) is 11.6 Å². The van der Waals surface area contributed by atoms with Crippen LogP contribution in [0.5, 0.6) is 0 Å². The largest absolute Gasteiger partial charge is 0.448 e. The number of hydrogen-bond acceptors (Lipinski definition) is 9. The van der Waals surface area contributed by atoms with E-state index in [0.717, 1.165) is 13.1 Å². The monoisotopic (exact) mass is 405 g/mol. The van der Waals surface area contributed by atoms with Crippen LogP contribution in [-0.4, -0.2) is 68.0 Å². The van der Waals surface area contributed by atoms with E-state index in [4.69, 9.17) is 13.7 Å². The number of ether oxygens (including phenoxy) is 1. The molecule has 10 nitrogen and oxygen atoms in total. The van der Waals surface area contributed by atoms with Crippen LogP contribution < -0.4 is 5.32 Å². The number of oxazole rings is 1. The van der Waals surface area contributed by atoms with Gasteiger partial charge in [-0.25, -0.2) is 4.98 Å². The summed E-state index contributed by atoms with van der Waals surface area (Å²) in [6, 6.07) is 0. The van der Waals surface area contributed by atoms with Crippen molar-refractivity contribution in [2.75, 3.05) is 19.7 Å². The summed E-state index contributed by atoms with van der Waals surface area (Å²) >= 11 is 0. The number of aryl methyl sites for hydroxylation is 2. The van der Waals surface area contributed by atoms with Crippen molar-refractivity contribution in [3.8, 4) is 0 Å². The van der Waals surface area contributed by atoms with Crippen molar-refractivity contribution in [2.24, 2.45) is 0 Å². The lowest BCUT2D eigenvalue weighted by Crippen LogP contribution is -2.69. The summed E-state index contributed by atoms with van der Waals surface area (Å²) in [6.07, 6.45) is 2.31. The van der Waals surface area contributed by atoms with E-state index in [9.17, 15) is 9.90 Å². The van der Waals surface area contributed by atoms with Gasteiger partial charge in [-0.1, -0.05) is 5.16 Å². The Hall–Kier alpha value is -2.30. The first-order valence-corrected chi connectivity index (χ1v) is 9.88. The molecule has 2 atom stereocenters. The van der Waals surface area contributed by atoms with Crippen molar-refractivity contribution in [3.63, 3.8) is 0 Å². The molecule has 0 radical (unpaired) electrons. The number of carbonyl (C=O) groups is 1. The number of aliphatic hydroxyl groups is 1. The average molecular weight is 405 g/mol. The van der Waals surface area contributed by atoms with Gasteiger partial charge in [-0.2, -0.15) is 4.98 Å². The Bertz CT molecular complexity index is 872. The fourth-order valence-electron chi connectivity index (χ4n) is 4.30. The van der Waals surface area contributed by atoms with Gasteiger partial charge < -0.3 is 24.1 Å². The van der Waals surface area contributed by atoms with Crippen LogP contribution in [0.2, 0.25) is 0 Å². The lowest BCUT2D eigenvalue weighted by Gasteiger charge is -2.53. The van der Waals surface area contributed by atoms with E-state index < -0.39 is 17.2 Å². The first-order chi connectivity index (χ1) is 13.8. The molecule has 29 heavy (non-hydrogen) atoms. The number of likely N-dealkylation sites (tertiary alicyclic amines) is 1. The van der Waals surface area contributed by atoms with Crippen LogP contribution in [0.3, 0.4) is 0 Å². The number of piperidine rings is 1. The maximum Gasteiger partial charge on any atom is 0.273 e. The lowest BCUT2D eigenvalue weighted by molar-refractivity contribution is -0.206. The molecule has 10 heteroatoms. The van der Waals surface area contributed by atoms with E-state index in [1.54, 1.807) is 13.8 Å². The highest BCUT2D eigenvalue weighted by atomic mass is 16.5. The molecule has 2 aliphatic heterocycles. The SMILES string of the molecule is Cc1nc(C(=O)N[C@@]2(C)CCOC3(CCN(Cc4noc(C)n4)CC3)[C@@H]2O)co1. The minimum atomic E-state index is -0.838. The molecule has 2 aliphatic rings. The van der Waals surface area contributed by atoms with Gasteiger partial charge in [0.2, 0.25) is 5.89 Å². The number of nitrogens with one attached hydrogen (secondary N) is 1. The second-order valence-electron chi connectivity index (χ2n) is 8.19. The molecule has 1 amide bonds. The molecule has 2 saturated heterocycles. The van der Waals surface area contributed by atoms with Gasteiger partial charge in [-0.15, -0.1) is 0 Å². The predicted molar refractivity (Wildman–Crippen MR) is 100.0 cm³/mol. The minimum absolute atomic E-state index is 0.210. The number of nitrogens with zero attached hydrogens (tertiary/aromatic N) is 4. The number of carbonyl (C=O) groups excluding carboxylic acids is 1. The Morgan fingerprint density at radius 3 is 2.66 bits per heavy atom. The van der Waals surface area contributed by atoms with Crippen molar-refractivity contribution in [2.45, 2.75) is 63.8 Å². The van der Waals surface area contributed by atoms with E-state index in [1.807, 2.05) is 6.92 Å². The highest BCUT2D eigenvalue weighted by molar-refractivity contribution is 5.92. The molecule has 0 saturated carbocycles. The fourth-order valence-corrected chi connectivity index (χ4v) is 4.30. The van der Waals surface area contributed by atoms with Crippen molar-refractivity contribution in [1.82, 2.24) is 25.3 Å². The van der Waals surface area contributed by atoms with Gasteiger partial charge in [0.25, 0.3) is 5.91 Å². The Morgan fingerprint density at radius 1 is 1.28 bits per heavy atom. The van der Waals surface area contributed by atoms with E-state index >= 15 is 0 Å². The number of hydrogen-bond donors (Lipinski definition) is 2. The third-order valence-corrected chi connectivity index (χ3v) is 6.00. The van der Waals surface area contributed by atoms with Crippen LogP contribution in [0, 0.1) is 13.8 Å². The first-order valence-electron chi connectivity index (χ1n) is 9.88. The summed E-state index contributed by atoms with van der Waals surface area (Å²) in [7, 11) is 0. The zero-order chi connectivity index (χ0) is 20.6. The molecule has 0 unspecified atom stereocenters. The number of aliphatic hydroxyl groups excluding tert-OH is 1. The van der Waals surface area contributed by atoms with Crippen LogP contribution in [-0.2, 0) is 11.3 Å². The standard InChI is InChI=1S/C19H27N5O5/c1-12-20-14(11-27-12)16(25)22-18(3)6-9-28-19(17(18)26)4-7-24(8-5-19)10-15-21-13(2)29-23-15/h11,17,26H,4-10H2,1-3H3,(H,22,25)/t17-,18+/m1/s1. The molecule has 0 bridgehead atoms. The first kappa shape index (κ1) is 20.0. The maximum atomic E-state index is 12.6.